The lowest BCUT2D eigenvalue weighted by atomic mass is 9.91. The standard InChI is InChI=1S/C31H33NO2/c1-5-11-22(3)21-34-29(12-6-2)32-27-19-17-23-13-7-9-15-25(23)30(27)31-26-16-10-8-14-24(26)18-20-28(31)33-4/h7-11,13-20H,5-6,12,21H2,1-4H3/b22-11+,32-29?. The van der Waals surface area contributed by atoms with E-state index in [4.69, 9.17) is 14.5 Å². The lowest BCUT2D eigenvalue weighted by Gasteiger charge is -2.17. The van der Waals surface area contributed by atoms with Crippen LogP contribution in [-0.2, 0) is 4.74 Å². The van der Waals surface area contributed by atoms with Crippen LogP contribution in [0.15, 0.2) is 89.4 Å². The van der Waals surface area contributed by atoms with E-state index in [9.17, 15) is 0 Å². The molecule has 0 radical (unpaired) electrons. The molecule has 0 saturated heterocycles. The van der Waals surface area contributed by atoms with Crippen molar-refractivity contribution in [3.05, 3.63) is 84.4 Å². The zero-order chi connectivity index (χ0) is 23.9. The Morgan fingerprint density at radius 2 is 1.47 bits per heavy atom. The van der Waals surface area contributed by atoms with Gasteiger partial charge in [0.05, 0.1) is 12.8 Å². The lowest BCUT2D eigenvalue weighted by molar-refractivity contribution is 0.328. The molecule has 0 amide bonds. The monoisotopic (exact) mass is 451 g/mol. The van der Waals surface area contributed by atoms with Crippen molar-refractivity contribution in [2.24, 2.45) is 4.99 Å². The Bertz CT molecular complexity index is 1350. The highest BCUT2D eigenvalue weighted by Crippen LogP contribution is 2.45. The Morgan fingerprint density at radius 1 is 0.824 bits per heavy atom. The van der Waals surface area contributed by atoms with Crippen molar-refractivity contribution in [2.75, 3.05) is 13.7 Å². The molecule has 0 aliphatic rings. The average Bonchev–Trinajstić information content (AvgIpc) is 2.87. The first-order valence-corrected chi connectivity index (χ1v) is 12.1. The number of benzene rings is 4. The molecule has 0 unspecified atom stereocenters. The number of nitrogens with zero attached hydrogens (tertiary/aromatic N) is 1. The molecule has 0 saturated carbocycles. The summed E-state index contributed by atoms with van der Waals surface area (Å²) in [5.74, 6) is 1.60. The molecule has 34 heavy (non-hydrogen) atoms. The second-order valence-electron chi connectivity index (χ2n) is 8.55. The minimum atomic E-state index is 0.563. The normalized spacial score (nSPS) is 12.4. The van der Waals surface area contributed by atoms with Gasteiger partial charge in [-0.25, -0.2) is 4.99 Å². The number of allylic oxidation sites excluding steroid dienone is 1. The minimum absolute atomic E-state index is 0.563. The lowest BCUT2D eigenvalue weighted by Crippen LogP contribution is -2.07. The van der Waals surface area contributed by atoms with Crippen LogP contribution in [0.4, 0.5) is 5.69 Å². The maximum Gasteiger partial charge on any atom is 0.188 e. The third kappa shape index (κ3) is 4.99. The first-order valence-electron chi connectivity index (χ1n) is 12.1. The quantitative estimate of drug-likeness (QED) is 0.152. The van der Waals surface area contributed by atoms with Crippen LogP contribution >= 0.6 is 0 Å². The summed E-state index contributed by atoms with van der Waals surface area (Å²) in [6.45, 7) is 6.97. The predicted octanol–water partition coefficient (Wildman–Crippen LogP) is 8.87. The van der Waals surface area contributed by atoms with E-state index in [1.807, 2.05) is 0 Å². The van der Waals surface area contributed by atoms with Crippen LogP contribution in [0, 0.1) is 0 Å². The van der Waals surface area contributed by atoms with Crippen LogP contribution in [0.1, 0.15) is 40.0 Å². The number of methoxy groups -OCH3 is 1. The molecule has 4 aromatic rings. The summed E-state index contributed by atoms with van der Waals surface area (Å²) in [4.78, 5) is 5.10. The van der Waals surface area contributed by atoms with E-state index in [0.29, 0.717) is 6.61 Å². The summed E-state index contributed by atoms with van der Waals surface area (Å²) in [7, 11) is 1.73. The van der Waals surface area contributed by atoms with Crippen LogP contribution in [0.5, 0.6) is 5.75 Å². The summed E-state index contributed by atoms with van der Waals surface area (Å²) in [5.41, 5.74) is 4.26. The molecular formula is C31H33NO2. The van der Waals surface area contributed by atoms with E-state index < -0.39 is 0 Å². The number of fused-ring (bicyclic) bond motifs is 2. The number of ether oxygens (including phenoxy) is 2. The fourth-order valence-electron chi connectivity index (χ4n) is 4.41. The smallest absolute Gasteiger partial charge is 0.188 e. The molecule has 4 rings (SSSR count). The Morgan fingerprint density at radius 3 is 2.12 bits per heavy atom. The number of hydrogen-bond acceptors (Lipinski definition) is 3. The average molecular weight is 452 g/mol. The zero-order valence-corrected chi connectivity index (χ0v) is 20.6. The molecule has 174 valence electrons. The van der Waals surface area contributed by atoms with Crippen molar-refractivity contribution in [1.29, 1.82) is 0 Å². The highest BCUT2D eigenvalue weighted by Gasteiger charge is 2.18. The summed E-state index contributed by atoms with van der Waals surface area (Å²) in [6, 6.07) is 25.3. The van der Waals surface area contributed by atoms with Crippen LogP contribution in [-0.4, -0.2) is 19.6 Å². The van der Waals surface area contributed by atoms with Gasteiger partial charge < -0.3 is 9.47 Å². The third-order valence-corrected chi connectivity index (χ3v) is 6.00. The van der Waals surface area contributed by atoms with Gasteiger partial charge in [-0.2, -0.15) is 0 Å². The van der Waals surface area contributed by atoms with Crippen molar-refractivity contribution >= 4 is 33.1 Å². The Hall–Kier alpha value is -3.59. The van der Waals surface area contributed by atoms with Gasteiger partial charge in [0.15, 0.2) is 5.90 Å². The summed E-state index contributed by atoms with van der Waals surface area (Å²) < 4.78 is 12.1. The van der Waals surface area contributed by atoms with Crippen LogP contribution in [0.3, 0.4) is 0 Å². The third-order valence-electron chi connectivity index (χ3n) is 6.00. The van der Waals surface area contributed by atoms with Crippen LogP contribution in [0.25, 0.3) is 32.7 Å². The number of rotatable bonds is 8. The van der Waals surface area contributed by atoms with Gasteiger partial charge in [0.1, 0.15) is 12.4 Å². The zero-order valence-electron chi connectivity index (χ0n) is 20.6. The first-order chi connectivity index (χ1) is 16.7. The van der Waals surface area contributed by atoms with Gasteiger partial charge in [0.25, 0.3) is 0 Å². The predicted molar refractivity (Wildman–Crippen MR) is 145 cm³/mol. The van der Waals surface area contributed by atoms with Gasteiger partial charge in [-0.1, -0.05) is 80.6 Å². The van der Waals surface area contributed by atoms with Crippen LogP contribution in [0.2, 0.25) is 0 Å². The molecule has 4 aromatic carbocycles. The Kier molecular flexibility index (Phi) is 7.64. The van der Waals surface area contributed by atoms with Crippen LogP contribution < -0.4 is 4.74 Å². The molecule has 0 aliphatic carbocycles. The fraction of sp³-hybridized carbons (Fsp3) is 0.258. The minimum Gasteiger partial charge on any atom is -0.496 e. The van der Waals surface area contributed by atoms with Crippen molar-refractivity contribution in [3.8, 4) is 16.9 Å². The molecule has 0 heterocycles. The van der Waals surface area contributed by atoms with Gasteiger partial charge in [-0.3, -0.25) is 0 Å². The Labute approximate surface area is 202 Å². The molecule has 0 atom stereocenters. The highest BCUT2D eigenvalue weighted by atomic mass is 16.5. The van der Waals surface area contributed by atoms with Gasteiger partial charge in [-0.15, -0.1) is 0 Å². The Balaban J connectivity index is 1.97. The fourth-order valence-corrected chi connectivity index (χ4v) is 4.41. The summed E-state index contributed by atoms with van der Waals surface area (Å²) in [6.07, 6.45) is 4.96. The van der Waals surface area contributed by atoms with Crippen molar-refractivity contribution in [2.45, 2.75) is 40.0 Å². The first kappa shape index (κ1) is 23.6. The van der Waals surface area contributed by atoms with Gasteiger partial charge in [0, 0.05) is 17.5 Å². The van der Waals surface area contributed by atoms with E-state index in [1.54, 1.807) is 7.11 Å². The second-order valence-corrected chi connectivity index (χ2v) is 8.55. The molecule has 0 aliphatic heterocycles. The summed E-state index contributed by atoms with van der Waals surface area (Å²) in [5, 5.41) is 4.64. The maximum absolute atomic E-state index is 6.20. The maximum atomic E-state index is 6.20. The van der Waals surface area contributed by atoms with Gasteiger partial charge in [-0.05, 0) is 59.0 Å². The number of hydrogen-bond donors (Lipinski definition) is 0. The molecule has 0 bridgehead atoms. The second kappa shape index (κ2) is 11.0. The van der Waals surface area contributed by atoms with E-state index >= 15 is 0 Å². The van der Waals surface area contributed by atoms with Crippen molar-refractivity contribution in [3.63, 3.8) is 0 Å². The van der Waals surface area contributed by atoms with Gasteiger partial charge in [0.2, 0.25) is 0 Å². The molecule has 0 spiro atoms. The molecule has 0 aromatic heterocycles. The van der Waals surface area contributed by atoms with E-state index in [2.05, 4.69) is 99.6 Å². The molecule has 3 nitrogen and oxygen atoms in total. The van der Waals surface area contributed by atoms with E-state index in [0.717, 1.165) is 58.5 Å². The largest absolute Gasteiger partial charge is 0.496 e. The molecular weight excluding hydrogens is 418 g/mol. The molecule has 0 N–H and O–H groups in total. The van der Waals surface area contributed by atoms with Gasteiger partial charge >= 0.3 is 0 Å². The summed E-state index contributed by atoms with van der Waals surface area (Å²) >= 11 is 0. The molecule has 3 heteroatoms. The van der Waals surface area contributed by atoms with Crippen molar-refractivity contribution < 1.29 is 9.47 Å². The molecule has 0 fully saturated rings. The SMILES string of the molecule is CC/C=C(\C)COC(CCC)=Nc1ccc2ccccc2c1-c1c(OC)ccc2ccccc12. The van der Waals surface area contributed by atoms with Crippen molar-refractivity contribution in [1.82, 2.24) is 0 Å². The van der Waals surface area contributed by atoms with E-state index in [-0.39, 0.29) is 0 Å². The topological polar surface area (TPSA) is 30.8 Å². The van der Waals surface area contributed by atoms with E-state index in [1.165, 1.54) is 16.3 Å². The number of aliphatic imine (C=N–C) groups is 1. The highest BCUT2D eigenvalue weighted by molar-refractivity contribution is 6.11.